The average Bonchev–Trinajstić information content (AvgIpc) is 0.785. The van der Waals surface area contributed by atoms with E-state index in [4.69, 9.17) is 40.1 Å². The largest absolute Gasteiger partial charge is 0.481 e. The summed E-state index contributed by atoms with van der Waals surface area (Å²) >= 11 is 1.37. The monoisotopic (exact) mass is 1630 g/mol. The van der Waals surface area contributed by atoms with E-state index < -0.39 is 260 Å². The lowest BCUT2D eigenvalue weighted by atomic mass is 9.97. The van der Waals surface area contributed by atoms with E-state index in [1.807, 2.05) is 5.32 Å². The van der Waals surface area contributed by atoms with Crippen LogP contribution in [0.3, 0.4) is 0 Å². The third-order valence-corrected chi connectivity index (χ3v) is 18.1. The molecule has 0 aliphatic heterocycles. The highest BCUT2D eigenvalue weighted by molar-refractivity contribution is 7.98. The summed E-state index contributed by atoms with van der Waals surface area (Å²) < 4.78 is 0. The Labute approximate surface area is 659 Å². The summed E-state index contributed by atoms with van der Waals surface area (Å²) in [5, 5.41) is 69.1. The number of rotatable bonds is 61. The molecule has 0 bridgehead atoms. The zero-order valence-corrected chi connectivity index (χ0v) is 66.3. The van der Waals surface area contributed by atoms with Gasteiger partial charge in [0.15, 0.2) is 0 Å². The summed E-state index contributed by atoms with van der Waals surface area (Å²) in [5.41, 5.74) is 39.6. The highest BCUT2D eigenvalue weighted by Gasteiger charge is 2.39. The number of carbonyl (C=O) groups is 19. The summed E-state index contributed by atoms with van der Waals surface area (Å²) in [6, 6.07) is -22.7. The second-order valence-electron chi connectivity index (χ2n) is 28.2. The van der Waals surface area contributed by atoms with Gasteiger partial charge in [0.1, 0.15) is 78.5 Å². The van der Waals surface area contributed by atoms with Crippen LogP contribution < -0.4 is 109 Å². The van der Waals surface area contributed by atoms with Gasteiger partial charge in [-0.05, 0) is 140 Å². The summed E-state index contributed by atoms with van der Waals surface area (Å²) in [4.78, 5) is 254. The molecule has 0 aliphatic rings. The Bertz CT molecular complexity index is 3210. The first-order valence-electron chi connectivity index (χ1n) is 37.4. The molecule has 0 aliphatic carbocycles. The minimum absolute atomic E-state index is 0.0416. The topological polar surface area (TPSA) is 744 Å². The minimum Gasteiger partial charge on any atom is -0.481 e. The van der Waals surface area contributed by atoms with Gasteiger partial charge in [-0.3, -0.25) is 86.3 Å². The molecular formula is C69H122N20O23S. The summed E-state index contributed by atoms with van der Waals surface area (Å²) in [6.45, 7) is 10.5. The number of amides is 16. The van der Waals surface area contributed by atoms with Crippen molar-refractivity contribution in [3.63, 3.8) is 0 Å². The molecule has 43 nitrogen and oxygen atoms in total. The SMILES string of the molecule is CC[C@H](C)[C@H](NC(=O)[C@H](C)NC(=O)[C@H](CC(=O)O)NC(=O)[C@H](CC(N)=O)NC(=O)[C@H](CCC(N)=O)NC(=O)[C@H](CC(C)C)NC(=O)[C@H](CCSC)NC(=O)[C@@H](N)CCCCN)C(=O)N[C@@H](CCCCN)C(=O)N[C@@H](CCCCN)C(=O)N[C@@H](CC(N)=O)C(=O)N[C@@H](CC(C)C)C(=O)N[C@@H](CCC(=O)O)C(=O)N[C@@H](CO)C(=O)O. The van der Waals surface area contributed by atoms with Gasteiger partial charge in [-0.2, -0.15) is 11.8 Å². The molecular weight excluding hydrogens is 1510 g/mol. The van der Waals surface area contributed by atoms with E-state index in [0.29, 0.717) is 31.6 Å². The zero-order valence-electron chi connectivity index (χ0n) is 65.5. The Morgan fingerprint density at radius 2 is 0.673 bits per heavy atom. The van der Waals surface area contributed by atoms with Gasteiger partial charge in [0.25, 0.3) is 0 Å². The number of aliphatic carboxylic acids is 3. The molecule has 0 unspecified atom stereocenters. The van der Waals surface area contributed by atoms with Crippen LogP contribution in [0.25, 0.3) is 0 Å². The molecule has 0 saturated carbocycles. The fourth-order valence-electron chi connectivity index (χ4n) is 10.9. The number of aliphatic hydroxyl groups excluding tert-OH is 1. The van der Waals surface area contributed by atoms with Crippen LogP contribution in [0.4, 0.5) is 0 Å². The summed E-state index contributed by atoms with van der Waals surface area (Å²) in [5.74, 6) is -23.2. The fraction of sp³-hybridized carbons (Fsp3) is 0.725. The Morgan fingerprint density at radius 3 is 1.03 bits per heavy atom. The van der Waals surface area contributed by atoms with E-state index in [0.717, 1.165) is 6.92 Å². The summed E-state index contributed by atoms with van der Waals surface area (Å²) in [6.07, 6.45) is -1.65. The molecule has 16 amide bonds. The van der Waals surface area contributed by atoms with E-state index in [1.165, 1.54) is 18.7 Å². The van der Waals surface area contributed by atoms with Gasteiger partial charge in [-0.1, -0.05) is 54.4 Å². The van der Waals surface area contributed by atoms with Crippen molar-refractivity contribution in [1.29, 1.82) is 0 Å². The second-order valence-corrected chi connectivity index (χ2v) is 29.2. The molecule has 0 fully saturated rings. The molecule has 642 valence electrons. The number of unbranched alkanes of at least 4 members (excludes halogenated alkanes) is 3. The van der Waals surface area contributed by atoms with Gasteiger partial charge in [0.05, 0.1) is 31.9 Å². The van der Waals surface area contributed by atoms with Crippen molar-refractivity contribution in [3.05, 3.63) is 0 Å². The van der Waals surface area contributed by atoms with Crippen LogP contribution in [0, 0.1) is 17.8 Å². The Kier molecular flexibility index (Phi) is 50.6. The predicted octanol–water partition coefficient (Wildman–Crippen LogP) is -7.65. The van der Waals surface area contributed by atoms with Gasteiger partial charge in [-0.15, -0.1) is 0 Å². The van der Waals surface area contributed by atoms with Gasteiger partial charge in [0.2, 0.25) is 94.5 Å². The van der Waals surface area contributed by atoms with Crippen molar-refractivity contribution in [3.8, 4) is 0 Å². The zero-order chi connectivity index (χ0) is 86.4. The second kappa shape index (κ2) is 55.5. The van der Waals surface area contributed by atoms with Crippen molar-refractivity contribution >= 4 is 124 Å². The number of aliphatic hydroxyl groups is 1. The van der Waals surface area contributed by atoms with E-state index >= 15 is 0 Å². The molecule has 0 heterocycles. The number of primary amides is 3. The molecule has 0 aromatic heterocycles. The average molecular weight is 1630 g/mol. The number of hydrogen-bond donors (Lipinski definition) is 24. The van der Waals surface area contributed by atoms with Crippen LogP contribution in [0.2, 0.25) is 0 Å². The van der Waals surface area contributed by atoms with Crippen LogP contribution in [-0.2, 0) is 91.1 Å². The van der Waals surface area contributed by atoms with E-state index in [-0.39, 0.29) is 83.2 Å². The molecule has 31 N–H and O–H groups in total. The van der Waals surface area contributed by atoms with Crippen LogP contribution in [0.1, 0.15) is 177 Å². The number of nitrogens with one attached hydrogen (secondary N) is 13. The Balaban J connectivity index is 7.07. The molecule has 0 aromatic rings. The maximum atomic E-state index is 14.5. The minimum atomic E-state index is -2.10. The molecule has 0 aromatic carbocycles. The lowest BCUT2D eigenvalue weighted by Crippen LogP contribution is -2.61. The number of hydrogen-bond acceptors (Lipinski definition) is 25. The highest BCUT2D eigenvalue weighted by atomic mass is 32.2. The first-order chi connectivity index (χ1) is 53.0. The lowest BCUT2D eigenvalue weighted by Gasteiger charge is -2.29. The van der Waals surface area contributed by atoms with Gasteiger partial charge in [-0.25, -0.2) is 4.79 Å². The Hall–Kier alpha value is -9.92. The molecule has 44 heteroatoms. The normalized spacial score (nSPS) is 15.1. The van der Waals surface area contributed by atoms with Crippen LogP contribution in [-0.4, -0.2) is 256 Å². The molecule has 0 spiro atoms. The van der Waals surface area contributed by atoms with E-state index in [1.54, 1.807) is 40.9 Å². The number of carboxylic acids is 3. The quantitative estimate of drug-likeness (QED) is 0.0252. The summed E-state index contributed by atoms with van der Waals surface area (Å²) in [7, 11) is 0. The van der Waals surface area contributed by atoms with Crippen LogP contribution >= 0.6 is 11.8 Å². The van der Waals surface area contributed by atoms with Gasteiger partial charge in [0, 0.05) is 12.8 Å². The fourth-order valence-corrected chi connectivity index (χ4v) is 11.4. The maximum absolute atomic E-state index is 14.5. The van der Waals surface area contributed by atoms with E-state index in [9.17, 15) is 112 Å². The molecule has 0 radical (unpaired) electrons. The first-order valence-corrected chi connectivity index (χ1v) is 38.8. The highest BCUT2D eigenvalue weighted by Crippen LogP contribution is 2.16. The third-order valence-electron chi connectivity index (χ3n) is 17.4. The number of carboxylic acid groups (broad SMARTS) is 3. The third kappa shape index (κ3) is 42.5. The molecule has 15 atom stereocenters. The predicted molar refractivity (Wildman–Crippen MR) is 409 cm³/mol. The van der Waals surface area contributed by atoms with Crippen molar-refractivity contribution in [2.75, 3.05) is 38.2 Å². The molecule has 0 saturated heterocycles. The van der Waals surface area contributed by atoms with Crippen molar-refractivity contribution in [2.45, 2.75) is 261 Å². The van der Waals surface area contributed by atoms with Gasteiger partial charge < -0.3 is 130 Å². The number of nitrogens with two attached hydrogens (primary N) is 7. The lowest BCUT2D eigenvalue weighted by molar-refractivity contribution is -0.144. The molecule has 0 rings (SSSR count). The molecule has 113 heavy (non-hydrogen) atoms. The standard InChI is InChI=1S/C69H122N20O23S/c1-9-36(6)55(68(110)82-40(18-12-15-26-72)58(100)79-39(17-11-14-25-71)59(101)85-46(30-51(75)92)66(108)84-45(29-35(4)5)65(107)81-42(20-22-53(94)95)61(103)88-49(33-90)69(111)112)89-56(98)37(7)77-63(105)48(32-54(96)97)87-67(109)47(31-52(76)93)86-60(102)41(19-21-50(74)91)80-64(106)44(28-34(2)3)83-62(104)43(23-27-113-8)78-57(99)38(73)16-10-13-24-70/h34-49,55,90H,9-33,70-73H2,1-8H3,(H2,74,91)(H2,75,92)(H2,76,93)(H,77,105)(H,78,99)(H,79,100)(H,80,106)(H,81,107)(H,82,110)(H,83,104)(H,84,108)(H,85,101)(H,86,102)(H,87,109)(H,88,103)(H,89,98)(H,94,95)(H,96,97)(H,111,112)/t36-,37-,38-,39-,40-,41-,42-,43-,44-,45-,46-,47-,48-,49-,55-/m0/s1. The smallest absolute Gasteiger partial charge is 0.328 e. The van der Waals surface area contributed by atoms with Gasteiger partial charge >= 0.3 is 17.9 Å². The van der Waals surface area contributed by atoms with E-state index in [2.05, 4.69) is 63.8 Å². The van der Waals surface area contributed by atoms with Crippen molar-refractivity contribution in [1.82, 2.24) is 69.1 Å². The van der Waals surface area contributed by atoms with Crippen LogP contribution in [0.5, 0.6) is 0 Å². The van der Waals surface area contributed by atoms with Crippen molar-refractivity contribution in [2.24, 2.45) is 57.9 Å². The maximum Gasteiger partial charge on any atom is 0.328 e. The number of carbonyl (C=O) groups excluding carboxylic acids is 16. The first kappa shape index (κ1) is 103. The van der Waals surface area contributed by atoms with Crippen molar-refractivity contribution < 1.29 is 112 Å². The Morgan fingerprint density at radius 1 is 0.345 bits per heavy atom. The van der Waals surface area contributed by atoms with Crippen LogP contribution in [0.15, 0.2) is 0 Å². The number of thioether (sulfide) groups is 1.